The number of ether oxygens (including phenoxy) is 1. The molecule has 0 amide bonds. The van der Waals surface area contributed by atoms with E-state index in [-0.39, 0.29) is 4.90 Å². The molecule has 0 saturated carbocycles. The lowest BCUT2D eigenvalue weighted by atomic mass is 10.2. The van der Waals surface area contributed by atoms with Crippen LogP contribution in [0.3, 0.4) is 0 Å². The molecule has 9 heteroatoms. The van der Waals surface area contributed by atoms with E-state index in [4.69, 9.17) is 16.3 Å². The van der Waals surface area contributed by atoms with Gasteiger partial charge in [0.25, 0.3) is 10.0 Å². The van der Waals surface area contributed by atoms with Gasteiger partial charge in [0.1, 0.15) is 4.90 Å². The average molecular weight is 371 g/mol. The number of hydrogen-bond donors (Lipinski definition) is 2. The quantitative estimate of drug-likeness (QED) is 0.862. The molecule has 0 atom stereocenters. The lowest BCUT2D eigenvalue weighted by Crippen LogP contribution is -2.36. The van der Waals surface area contributed by atoms with Crippen molar-refractivity contribution in [3.63, 3.8) is 0 Å². The highest BCUT2D eigenvalue weighted by molar-refractivity contribution is 7.92. The Hall–Kier alpha value is -1.77. The fourth-order valence-corrected chi connectivity index (χ4v) is 4.41. The van der Waals surface area contributed by atoms with E-state index in [0.29, 0.717) is 35.3 Å². The molecule has 2 N–H and O–H groups in total. The number of morpholine rings is 1. The standard InChI is InChI=1S/C15H19ClN4O3S/c1-10-15(11(2)18-17-10)24(21,22)19-14-9-12(3-4-13(14)16)20-5-7-23-8-6-20/h3-4,9,19H,5-8H2,1-2H3,(H,17,18). The first-order valence-electron chi connectivity index (χ1n) is 7.55. The van der Waals surface area contributed by atoms with Crippen LogP contribution in [0.5, 0.6) is 0 Å². The molecule has 2 heterocycles. The number of nitrogens with one attached hydrogen (secondary N) is 2. The summed E-state index contributed by atoms with van der Waals surface area (Å²) in [5, 5.41) is 6.96. The second kappa shape index (κ2) is 6.62. The first kappa shape index (κ1) is 17.1. The van der Waals surface area contributed by atoms with E-state index in [2.05, 4.69) is 19.8 Å². The third kappa shape index (κ3) is 3.35. The largest absolute Gasteiger partial charge is 0.378 e. The van der Waals surface area contributed by atoms with Gasteiger partial charge in [0.2, 0.25) is 0 Å². The van der Waals surface area contributed by atoms with Crippen LogP contribution in [0.4, 0.5) is 11.4 Å². The third-order valence-corrected chi connectivity index (χ3v) is 5.86. The van der Waals surface area contributed by atoms with Gasteiger partial charge in [-0.3, -0.25) is 9.82 Å². The molecular weight excluding hydrogens is 352 g/mol. The van der Waals surface area contributed by atoms with Crippen LogP contribution >= 0.6 is 11.6 Å². The van der Waals surface area contributed by atoms with Gasteiger partial charge in [-0.2, -0.15) is 5.10 Å². The highest BCUT2D eigenvalue weighted by Gasteiger charge is 2.23. The van der Waals surface area contributed by atoms with Gasteiger partial charge in [0.05, 0.1) is 35.3 Å². The molecule has 0 unspecified atom stereocenters. The number of aromatic nitrogens is 2. The van der Waals surface area contributed by atoms with Crippen LogP contribution < -0.4 is 9.62 Å². The van der Waals surface area contributed by atoms with Gasteiger partial charge in [-0.05, 0) is 32.0 Å². The minimum absolute atomic E-state index is 0.148. The Labute approximate surface area is 146 Å². The van der Waals surface area contributed by atoms with Crippen molar-refractivity contribution in [2.45, 2.75) is 18.7 Å². The number of nitrogens with zero attached hydrogens (tertiary/aromatic N) is 2. The molecule has 0 spiro atoms. The maximum atomic E-state index is 12.7. The summed E-state index contributed by atoms with van der Waals surface area (Å²) in [6.45, 7) is 6.12. The van der Waals surface area contributed by atoms with Crippen molar-refractivity contribution in [2.75, 3.05) is 35.9 Å². The fourth-order valence-electron chi connectivity index (χ4n) is 2.74. The number of aryl methyl sites for hydroxylation is 2. The first-order valence-corrected chi connectivity index (χ1v) is 9.41. The molecule has 7 nitrogen and oxygen atoms in total. The SMILES string of the molecule is Cc1n[nH]c(C)c1S(=O)(=O)Nc1cc(N2CCOCC2)ccc1Cl. The van der Waals surface area contributed by atoms with Crippen LogP contribution in [0.25, 0.3) is 0 Å². The number of hydrogen-bond acceptors (Lipinski definition) is 5. The molecular formula is C15H19ClN4O3S. The summed E-state index contributed by atoms with van der Waals surface area (Å²) in [6, 6.07) is 5.31. The van der Waals surface area contributed by atoms with Crippen molar-refractivity contribution in [3.8, 4) is 0 Å². The molecule has 130 valence electrons. The predicted octanol–water partition coefficient (Wildman–Crippen LogP) is 2.32. The Balaban J connectivity index is 1.92. The summed E-state index contributed by atoms with van der Waals surface area (Å²) in [5.41, 5.74) is 2.16. The van der Waals surface area contributed by atoms with Crippen molar-refractivity contribution in [2.24, 2.45) is 0 Å². The van der Waals surface area contributed by atoms with Gasteiger partial charge in [-0.1, -0.05) is 11.6 Å². The number of rotatable bonds is 4. The Morgan fingerprint density at radius 3 is 2.62 bits per heavy atom. The number of anilines is 2. The topological polar surface area (TPSA) is 87.3 Å². The number of aromatic amines is 1. The molecule has 1 aromatic carbocycles. The lowest BCUT2D eigenvalue weighted by Gasteiger charge is -2.29. The normalized spacial score (nSPS) is 15.5. The molecule has 0 radical (unpaired) electrons. The van der Waals surface area contributed by atoms with Gasteiger partial charge in [0.15, 0.2) is 0 Å². The van der Waals surface area contributed by atoms with Crippen molar-refractivity contribution in [1.82, 2.24) is 10.2 Å². The van der Waals surface area contributed by atoms with E-state index in [1.165, 1.54) is 0 Å². The number of sulfonamides is 1. The summed E-state index contributed by atoms with van der Waals surface area (Å²) in [5.74, 6) is 0. The van der Waals surface area contributed by atoms with Crippen LogP contribution in [0.2, 0.25) is 5.02 Å². The number of benzene rings is 1. The zero-order valence-electron chi connectivity index (χ0n) is 13.5. The van der Waals surface area contributed by atoms with Crippen molar-refractivity contribution >= 4 is 33.0 Å². The highest BCUT2D eigenvalue weighted by Crippen LogP contribution is 2.30. The summed E-state index contributed by atoms with van der Waals surface area (Å²) in [4.78, 5) is 2.28. The van der Waals surface area contributed by atoms with Crippen molar-refractivity contribution in [3.05, 3.63) is 34.6 Å². The summed E-state index contributed by atoms with van der Waals surface area (Å²) < 4.78 is 33.3. The minimum atomic E-state index is -3.77. The second-order valence-electron chi connectivity index (χ2n) is 5.63. The Morgan fingerprint density at radius 2 is 2.00 bits per heavy atom. The average Bonchev–Trinajstić information content (AvgIpc) is 2.90. The molecule has 3 rings (SSSR count). The zero-order chi connectivity index (χ0) is 17.3. The van der Waals surface area contributed by atoms with E-state index in [1.807, 2.05) is 6.07 Å². The van der Waals surface area contributed by atoms with Crippen LogP contribution in [0.1, 0.15) is 11.4 Å². The van der Waals surface area contributed by atoms with Crippen molar-refractivity contribution < 1.29 is 13.2 Å². The van der Waals surface area contributed by atoms with E-state index in [9.17, 15) is 8.42 Å². The second-order valence-corrected chi connectivity index (χ2v) is 7.66. The molecule has 24 heavy (non-hydrogen) atoms. The fraction of sp³-hybridized carbons (Fsp3) is 0.400. The molecule has 1 aliphatic rings. The smallest absolute Gasteiger partial charge is 0.265 e. The van der Waals surface area contributed by atoms with E-state index in [1.54, 1.807) is 26.0 Å². The van der Waals surface area contributed by atoms with Gasteiger partial charge < -0.3 is 9.64 Å². The molecule has 1 saturated heterocycles. The van der Waals surface area contributed by atoms with Crippen molar-refractivity contribution in [1.29, 1.82) is 0 Å². The maximum Gasteiger partial charge on any atom is 0.265 e. The molecule has 1 aliphatic heterocycles. The number of H-pyrrole nitrogens is 1. The Kier molecular flexibility index (Phi) is 4.71. The lowest BCUT2D eigenvalue weighted by molar-refractivity contribution is 0.122. The van der Waals surface area contributed by atoms with E-state index < -0.39 is 10.0 Å². The molecule has 1 aromatic heterocycles. The van der Waals surface area contributed by atoms with E-state index >= 15 is 0 Å². The van der Waals surface area contributed by atoms with Crippen LogP contribution in [-0.4, -0.2) is 44.9 Å². The maximum absolute atomic E-state index is 12.7. The summed E-state index contributed by atoms with van der Waals surface area (Å²) >= 11 is 6.19. The van der Waals surface area contributed by atoms with Crippen LogP contribution in [0.15, 0.2) is 23.1 Å². The molecule has 0 aliphatic carbocycles. The predicted molar refractivity (Wildman–Crippen MR) is 93.4 cm³/mol. The van der Waals surface area contributed by atoms with Crippen LogP contribution in [-0.2, 0) is 14.8 Å². The number of halogens is 1. The molecule has 0 bridgehead atoms. The Bertz CT molecular complexity index is 825. The third-order valence-electron chi connectivity index (χ3n) is 3.90. The van der Waals surface area contributed by atoms with Gasteiger partial charge in [-0.25, -0.2) is 8.42 Å². The van der Waals surface area contributed by atoms with Gasteiger partial charge >= 0.3 is 0 Å². The highest BCUT2D eigenvalue weighted by atomic mass is 35.5. The van der Waals surface area contributed by atoms with E-state index in [0.717, 1.165) is 18.8 Å². The molecule has 2 aromatic rings. The molecule has 1 fully saturated rings. The summed E-state index contributed by atoms with van der Waals surface area (Å²) in [6.07, 6.45) is 0. The van der Waals surface area contributed by atoms with Crippen LogP contribution in [0, 0.1) is 13.8 Å². The van der Waals surface area contributed by atoms with Gasteiger partial charge in [0, 0.05) is 18.8 Å². The monoisotopic (exact) mass is 370 g/mol. The first-order chi connectivity index (χ1) is 11.4. The van der Waals surface area contributed by atoms with Gasteiger partial charge in [-0.15, -0.1) is 0 Å². The summed E-state index contributed by atoms with van der Waals surface area (Å²) in [7, 11) is -3.77. The minimum Gasteiger partial charge on any atom is -0.378 e. The zero-order valence-corrected chi connectivity index (χ0v) is 15.0. The Morgan fingerprint density at radius 1 is 1.29 bits per heavy atom.